The van der Waals surface area contributed by atoms with Gasteiger partial charge in [-0.05, 0) is 30.7 Å². The van der Waals surface area contributed by atoms with Gasteiger partial charge in [0.05, 0.1) is 18.0 Å². The molecule has 3 rings (SSSR count). The normalized spacial score (nSPS) is 10.3. The molecule has 0 fully saturated rings. The van der Waals surface area contributed by atoms with Crippen LogP contribution >= 0.6 is 0 Å². The van der Waals surface area contributed by atoms with Crippen LogP contribution in [0.3, 0.4) is 0 Å². The zero-order chi connectivity index (χ0) is 18.4. The van der Waals surface area contributed by atoms with Crippen LogP contribution in [0.1, 0.15) is 17.3 Å². The number of aromatic amines is 1. The van der Waals surface area contributed by atoms with E-state index in [9.17, 15) is 9.59 Å². The van der Waals surface area contributed by atoms with Crippen molar-refractivity contribution in [3.63, 3.8) is 0 Å². The van der Waals surface area contributed by atoms with E-state index in [1.165, 1.54) is 0 Å². The first-order chi connectivity index (χ1) is 12.7. The zero-order valence-corrected chi connectivity index (χ0v) is 14.4. The predicted octanol–water partition coefficient (Wildman–Crippen LogP) is 3.04. The first-order valence-electron chi connectivity index (χ1n) is 8.32. The van der Waals surface area contributed by atoms with Crippen molar-refractivity contribution < 1.29 is 14.3 Å². The van der Waals surface area contributed by atoms with E-state index in [0.29, 0.717) is 12.2 Å². The summed E-state index contributed by atoms with van der Waals surface area (Å²) >= 11 is 0. The molecule has 2 aromatic carbocycles. The molecule has 1 amide bonds. The molecular weight excluding hydrogens is 330 g/mol. The lowest BCUT2D eigenvalue weighted by molar-refractivity contribution is -0.141. The average Bonchev–Trinajstić information content (AvgIpc) is 3.17. The summed E-state index contributed by atoms with van der Waals surface area (Å²) in [6.07, 6.45) is 0. The van der Waals surface area contributed by atoms with Gasteiger partial charge < -0.3 is 10.1 Å². The van der Waals surface area contributed by atoms with Gasteiger partial charge in [0, 0.05) is 11.1 Å². The second kappa shape index (κ2) is 8.11. The predicted molar refractivity (Wildman–Crippen MR) is 98.4 cm³/mol. The lowest BCUT2D eigenvalue weighted by Crippen LogP contribution is -2.30. The second-order valence-electron chi connectivity index (χ2n) is 5.60. The maximum atomic E-state index is 12.1. The third-order valence-corrected chi connectivity index (χ3v) is 3.80. The third kappa shape index (κ3) is 4.16. The number of ether oxygens (including phenoxy) is 1. The Labute approximate surface area is 151 Å². The first-order valence-corrected chi connectivity index (χ1v) is 8.32. The Hall–Kier alpha value is -3.41. The van der Waals surface area contributed by atoms with Crippen LogP contribution in [0.4, 0.5) is 0 Å². The highest BCUT2D eigenvalue weighted by Crippen LogP contribution is 2.23. The van der Waals surface area contributed by atoms with E-state index < -0.39 is 5.97 Å². The Morgan fingerprint density at radius 1 is 1.04 bits per heavy atom. The smallest absolute Gasteiger partial charge is 0.325 e. The summed E-state index contributed by atoms with van der Waals surface area (Å²) < 4.78 is 4.78. The third-order valence-electron chi connectivity index (χ3n) is 3.80. The summed E-state index contributed by atoms with van der Waals surface area (Å²) in [6, 6.07) is 18.9. The Morgan fingerprint density at radius 3 is 2.46 bits per heavy atom. The van der Waals surface area contributed by atoms with Gasteiger partial charge in [0.1, 0.15) is 6.54 Å². The molecule has 2 N–H and O–H groups in total. The number of rotatable bonds is 6. The highest BCUT2D eigenvalue weighted by molar-refractivity contribution is 5.96. The number of hydrogen-bond donors (Lipinski definition) is 2. The zero-order valence-electron chi connectivity index (χ0n) is 14.4. The summed E-state index contributed by atoms with van der Waals surface area (Å²) in [7, 11) is 0. The highest BCUT2D eigenvalue weighted by atomic mass is 16.5. The van der Waals surface area contributed by atoms with Gasteiger partial charge in [0.25, 0.3) is 5.91 Å². The van der Waals surface area contributed by atoms with Crippen molar-refractivity contribution in [3.05, 3.63) is 66.2 Å². The molecule has 0 saturated carbocycles. The lowest BCUT2D eigenvalue weighted by atomic mass is 10.1. The number of nitrogens with one attached hydrogen (secondary N) is 2. The van der Waals surface area contributed by atoms with Gasteiger partial charge in [-0.25, -0.2) is 0 Å². The van der Waals surface area contributed by atoms with Crippen LogP contribution in [0.5, 0.6) is 0 Å². The highest BCUT2D eigenvalue weighted by Gasteiger charge is 2.10. The number of carbonyl (C=O) groups excluding carboxylic acids is 2. The number of benzene rings is 2. The van der Waals surface area contributed by atoms with Gasteiger partial charge in [-0.15, -0.1) is 0 Å². The van der Waals surface area contributed by atoms with E-state index in [2.05, 4.69) is 15.5 Å². The van der Waals surface area contributed by atoms with Crippen molar-refractivity contribution in [2.75, 3.05) is 13.2 Å². The molecule has 1 aromatic heterocycles. The Morgan fingerprint density at radius 2 is 1.77 bits per heavy atom. The minimum atomic E-state index is -0.455. The van der Waals surface area contributed by atoms with Crippen LogP contribution in [0.2, 0.25) is 0 Å². The maximum absolute atomic E-state index is 12.1. The molecule has 0 saturated heterocycles. The Kier molecular flexibility index (Phi) is 5.43. The molecule has 132 valence electrons. The molecule has 6 heteroatoms. The van der Waals surface area contributed by atoms with E-state index >= 15 is 0 Å². The number of H-pyrrole nitrogens is 1. The Balaban J connectivity index is 1.67. The van der Waals surface area contributed by atoms with E-state index in [1.807, 2.05) is 48.5 Å². The van der Waals surface area contributed by atoms with Crippen LogP contribution in [-0.2, 0) is 9.53 Å². The number of esters is 1. The van der Waals surface area contributed by atoms with E-state index in [4.69, 9.17) is 4.74 Å². The van der Waals surface area contributed by atoms with Crippen LogP contribution in [0, 0.1) is 0 Å². The SMILES string of the molecule is CCOC(=O)CNC(=O)c1ccc(-c2cc(-c3ccccc3)n[nH]2)cc1. The molecule has 0 atom stereocenters. The summed E-state index contributed by atoms with van der Waals surface area (Å²) in [5.41, 5.74) is 4.15. The van der Waals surface area contributed by atoms with Gasteiger partial charge in [-0.1, -0.05) is 42.5 Å². The summed E-state index contributed by atoms with van der Waals surface area (Å²) in [5.74, 6) is -0.775. The largest absolute Gasteiger partial charge is 0.465 e. The van der Waals surface area contributed by atoms with Crippen LogP contribution in [0.25, 0.3) is 22.5 Å². The molecule has 0 aliphatic rings. The minimum Gasteiger partial charge on any atom is -0.465 e. The number of carbonyl (C=O) groups is 2. The summed E-state index contributed by atoms with van der Waals surface area (Å²) in [6.45, 7) is 1.87. The molecule has 0 aliphatic carbocycles. The topological polar surface area (TPSA) is 84.1 Å². The maximum Gasteiger partial charge on any atom is 0.325 e. The van der Waals surface area contributed by atoms with Gasteiger partial charge in [-0.3, -0.25) is 14.7 Å². The van der Waals surface area contributed by atoms with Crippen molar-refractivity contribution in [3.8, 4) is 22.5 Å². The quantitative estimate of drug-likeness (QED) is 0.670. The van der Waals surface area contributed by atoms with E-state index in [1.54, 1.807) is 19.1 Å². The number of nitrogens with zero attached hydrogens (tertiary/aromatic N) is 1. The first kappa shape index (κ1) is 17.4. The van der Waals surface area contributed by atoms with Crippen LogP contribution < -0.4 is 5.32 Å². The van der Waals surface area contributed by atoms with Crippen molar-refractivity contribution in [2.45, 2.75) is 6.92 Å². The van der Waals surface area contributed by atoms with Crippen molar-refractivity contribution in [1.82, 2.24) is 15.5 Å². The number of hydrogen-bond acceptors (Lipinski definition) is 4. The molecule has 0 unspecified atom stereocenters. The van der Waals surface area contributed by atoms with Crippen LogP contribution in [0.15, 0.2) is 60.7 Å². The summed E-state index contributed by atoms with van der Waals surface area (Å²) in [5, 5.41) is 9.88. The van der Waals surface area contributed by atoms with Gasteiger partial charge in [-0.2, -0.15) is 5.10 Å². The molecule has 3 aromatic rings. The molecule has 1 heterocycles. The minimum absolute atomic E-state index is 0.143. The fraction of sp³-hybridized carbons (Fsp3) is 0.150. The molecular formula is C20H19N3O3. The number of aromatic nitrogens is 2. The van der Waals surface area contributed by atoms with Crippen molar-refractivity contribution in [2.24, 2.45) is 0 Å². The average molecular weight is 349 g/mol. The summed E-state index contributed by atoms with van der Waals surface area (Å²) in [4.78, 5) is 23.3. The molecule has 0 bridgehead atoms. The molecule has 0 aliphatic heterocycles. The molecule has 0 radical (unpaired) electrons. The van der Waals surface area contributed by atoms with Gasteiger partial charge in [0.15, 0.2) is 0 Å². The van der Waals surface area contributed by atoms with E-state index in [-0.39, 0.29) is 12.5 Å². The second-order valence-corrected chi connectivity index (χ2v) is 5.60. The van der Waals surface area contributed by atoms with Gasteiger partial charge in [0.2, 0.25) is 0 Å². The fourth-order valence-electron chi connectivity index (χ4n) is 2.49. The fourth-order valence-corrected chi connectivity index (χ4v) is 2.49. The van der Waals surface area contributed by atoms with Gasteiger partial charge >= 0.3 is 5.97 Å². The Bertz CT molecular complexity index is 886. The van der Waals surface area contributed by atoms with Crippen molar-refractivity contribution in [1.29, 1.82) is 0 Å². The molecule has 26 heavy (non-hydrogen) atoms. The number of amides is 1. The van der Waals surface area contributed by atoms with Crippen LogP contribution in [-0.4, -0.2) is 35.2 Å². The standard InChI is InChI=1S/C20H19N3O3/c1-2-26-19(24)13-21-20(25)16-10-8-15(9-11-16)18-12-17(22-23-18)14-6-4-3-5-7-14/h3-12H,2,13H2,1H3,(H,21,25)(H,22,23). The van der Waals surface area contributed by atoms with E-state index in [0.717, 1.165) is 22.5 Å². The molecule has 0 spiro atoms. The lowest BCUT2D eigenvalue weighted by Gasteiger charge is -2.05. The monoisotopic (exact) mass is 349 g/mol. The molecule has 6 nitrogen and oxygen atoms in total. The van der Waals surface area contributed by atoms with Crippen molar-refractivity contribution >= 4 is 11.9 Å².